The summed E-state index contributed by atoms with van der Waals surface area (Å²) in [5.74, 6) is 4.82. The van der Waals surface area contributed by atoms with Crippen molar-refractivity contribution in [3.05, 3.63) is 20.3 Å². The number of fused-ring (bicyclic) bond motifs is 5. The van der Waals surface area contributed by atoms with Crippen LogP contribution >= 0.6 is 38.9 Å². The first-order chi connectivity index (χ1) is 8.16. The summed E-state index contributed by atoms with van der Waals surface area (Å²) in [7, 11) is 0. The molecule has 5 atom stereocenters. The van der Waals surface area contributed by atoms with Gasteiger partial charge in [-0.3, -0.25) is 0 Å². The van der Waals surface area contributed by atoms with Crippen LogP contribution in [-0.4, -0.2) is 0 Å². The molecular weight excluding hydrogens is 316 g/mol. The van der Waals surface area contributed by atoms with Gasteiger partial charge in [0.25, 0.3) is 0 Å². The largest absolute Gasteiger partial charge is 0.143 e. The van der Waals surface area contributed by atoms with Gasteiger partial charge in [-0.25, -0.2) is 0 Å². The first-order valence-corrected chi connectivity index (χ1v) is 8.61. The van der Waals surface area contributed by atoms with E-state index in [1.165, 1.54) is 33.5 Å². The number of rotatable bonds is 2. The Balaban J connectivity index is 1.57. The second-order valence-corrected chi connectivity index (χ2v) is 8.63. The zero-order valence-electron chi connectivity index (χ0n) is 9.83. The molecule has 5 unspecified atom stereocenters. The predicted molar refractivity (Wildman–Crippen MR) is 76.7 cm³/mol. The Morgan fingerprint density at radius 2 is 2.00 bits per heavy atom. The van der Waals surface area contributed by atoms with Gasteiger partial charge >= 0.3 is 0 Å². The van der Waals surface area contributed by atoms with Crippen LogP contribution in [0.3, 0.4) is 0 Å². The van der Waals surface area contributed by atoms with Gasteiger partial charge in [0.15, 0.2) is 0 Å². The van der Waals surface area contributed by atoms with Crippen LogP contribution in [-0.2, 0) is 0 Å². The van der Waals surface area contributed by atoms with Gasteiger partial charge in [-0.2, -0.15) is 0 Å². The summed E-state index contributed by atoms with van der Waals surface area (Å²) in [5, 5.41) is 0.281. The number of aryl methyl sites for hydroxylation is 1. The highest BCUT2D eigenvalue weighted by atomic mass is 79.9. The van der Waals surface area contributed by atoms with Crippen molar-refractivity contribution >= 4 is 38.9 Å². The van der Waals surface area contributed by atoms with E-state index in [-0.39, 0.29) is 5.38 Å². The number of alkyl halides is 1. The molecule has 2 bridgehead atoms. The van der Waals surface area contributed by atoms with E-state index < -0.39 is 0 Å². The minimum Gasteiger partial charge on any atom is -0.143 e. The average molecular weight is 332 g/mol. The molecule has 0 amide bonds. The second kappa shape index (κ2) is 3.74. The molecule has 0 spiro atoms. The summed E-state index contributed by atoms with van der Waals surface area (Å²) < 4.78 is 1.23. The van der Waals surface area contributed by atoms with Crippen molar-refractivity contribution in [1.29, 1.82) is 0 Å². The molecule has 3 aliphatic rings. The molecule has 1 aromatic heterocycles. The van der Waals surface area contributed by atoms with Gasteiger partial charge in [0, 0.05) is 14.2 Å². The fraction of sp³-hybridized carbons (Fsp3) is 0.714. The molecule has 92 valence electrons. The lowest BCUT2D eigenvalue weighted by atomic mass is 10.00. The van der Waals surface area contributed by atoms with Crippen molar-refractivity contribution < 1.29 is 0 Å². The summed E-state index contributed by atoms with van der Waals surface area (Å²) in [4.78, 5) is 2.74. The number of halogens is 2. The SMILES string of the molecule is Cc1sc(C(Cl)C2C3C4CCC(C4)C32)cc1Br. The third-order valence-electron chi connectivity index (χ3n) is 5.28. The van der Waals surface area contributed by atoms with E-state index in [4.69, 9.17) is 11.6 Å². The van der Waals surface area contributed by atoms with Gasteiger partial charge in [0.2, 0.25) is 0 Å². The maximum absolute atomic E-state index is 6.74. The number of hydrogen-bond acceptors (Lipinski definition) is 1. The second-order valence-electron chi connectivity index (χ2n) is 6.02. The zero-order chi connectivity index (χ0) is 11.7. The van der Waals surface area contributed by atoms with E-state index in [0.29, 0.717) is 0 Å². The van der Waals surface area contributed by atoms with Crippen molar-refractivity contribution in [3.8, 4) is 0 Å². The van der Waals surface area contributed by atoms with Gasteiger partial charge < -0.3 is 0 Å². The molecule has 0 nitrogen and oxygen atoms in total. The molecule has 1 aromatic rings. The van der Waals surface area contributed by atoms with Crippen molar-refractivity contribution in [2.24, 2.45) is 29.6 Å². The summed E-state index contributed by atoms with van der Waals surface area (Å²) in [5.41, 5.74) is 0. The highest BCUT2D eigenvalue weighted by molar-refractivity contribution is 9.10. The third kappa shape index (κ3) is 1.53. The normalized spacial score (nSPS) is 43.8. The van der Waals surface area contributed by atoms with Gasteiger partial charge in [0.05, 0.1) is 5.38 Å². The van der Waals surface area contributed by atoms with Crippen molar-refractivity contribution in [2.45, 2.75) is 31.6 Å². The Bertz CT molecular complexity index is 433. The molecule has 17 heavy (non-hydrogen) atoms. The van der Waals surface area contributed by atoms with Crippen molar-refractivity contribution in [1.82, 2.24) is 0 Å². The summed E-state index contributed by atoms with van der Waals surface area (Å²) in [6, 6.07) is 2.24. The van der Waals surface area contributed by atoms with Crippen molar-refractivity contribution in [3.63, 3.8) is 0 Å². The molecule has 3 saturated carbocycles. The van der Waals surface area contributed by atoms with Crippen LogP contribution in [0.1, 0.15) is 34.4 Å². The van der Waals surface area contributed by atoms with Crippen LogP contribution in [0.25, 0.3) is 0 Å². The minimum absolute atomic E-state index is 0.281. The quantitative estimate of drug-likeness (QED) is 0.637. The summed E-state index contributed by atoms with van der Waals surface area (Å²) in [6.07, 6.45) is 4.49. The number of thiophene rings is 1. The van der Waals surface area contributed by atoms with E-state index in [9.17, 15) is 0 Å². The van der Waals surface area contributed by atoms with Crippen LogP contribution in [0.15, 0.2) is 10.5 Å². The van der Waals surface area contributed by atoms with Gasteiger partial charge in [0.1, 0.15) is 0 Å². The zero-order valence-corrected chi connectivity index (χ0v) is 13.0. The van der Waals surface area contributed by atoms with Gasteiger partial charge in [-0.1, -0.05) is 0 Å². The number of hydrogen-bond donors (Lipinski definition) is 0. The van der Waals surface area contributed by atoms with Crippen LogP contribution in [0.4, 0.5) is 0 Å². The van der Waals surface area contributed by atoms with E-state index >= 15 is 0 Å². The van der Waals surface area contributed by atoms with Gasteiger partial charge in [-0.15, -0.1) is 22.9 Å². The highest BCUT2D eigenvalue weighted by Crippen LogP contribution is 2.73. The monoisotopic (exact) mass is 330 g/mol. The lowest BCUT2D eigenvalue weighted by Crippen LogP contribution is -2.02. The Kier molecular flexibility index (Phi) is 2.49. The Labute approximate surface area is 120 Å². The highest BCUT2D eigenvalue weighted by Gasteiger charge is 2.66. The predicted octanol–water partition coefficient (Wildman–Crippen LogP) is 5.39. The minimum atomic E-state index is 0.281. The van der Waals surface area contributed by atoms with E-state index in [0.717, 1.165) is 29.6 Å². The molecule has 0 radical (unpaired) electrons. The van der Waals surface area contributed by atoms with Crippen molar-refractivity contribution in [2.75, 3.05) is 0 Å². The Morgan fingerprint density at radius 3 is 2.53 bits per heavy atom. The van der Waals surface area contributed by atoms with Crippen LogP contribution in [0.2, 0.25) is 0 Å². The third-order valence-corrected chi connectivity index (χ3v) is 8.16. The molecule has 1 heterocycles. The molecule has 3 fully saturated rings. The first-order valence-electron chi connectivity index (χ1n) is 6.56. The van der Waals surface area contributed by atoms with Gasteiger partial charge in [-0.05, 0) is 77.8 Å². The fourth-order valence-electron chi connectivity index (χ4n) is 4.59. The van der Waals surface area contributed by atoms with E-state index in [2.05, 4.69) is 28.9 Å². The molecule has 0 aromatic carbocycles. The smallest absolute Gasteiger partial charge is 0.0712 e. The maximum Gasteiger partial charge on any atom is 0.0712 e. The summed E-state index contributed by atoms with van der Waals surface area (Å²) in [6.45, 7) is 2.17. The standard InChI is InChI=1S/C14H16BrClS/c1-6-9(15)5-10(17-6)14(16)13-11-7-2-3-8(4-7)12(11)13/h5,7-8,11-14H,2-4H2,1H3. The van der Waals surface area contributed by atoms with Crippen LogP contribution in [0.5, 0.6) is 0 Å². The Morgan fingerprint density at radius 1 is 1.35 bits per heavy atom. The summed E-state index contributed by atoms with van der Waals surface area (Å²) >= 11 is 12.2. The van der Waals surface area contributed by atoms with Crippen LogP contribution < -0.4 is 0 Å². The fourth-order valence-corrected chi connectivity index (χ4v) is 6.72. The maximum atomic E-state index is 6.74. The lowest BCUT2D eigenvalue weighted by Gasteiger charge is -2.12. The van der Waals surface area contributed by atoms with E-state index in [1.807, 2.05) is 11.3 Å². The molecule has 0 N–H and O–H groups in total. The topological polar surface area (TPSA) is 0 Å². The molecule has 4 rings (SSSR count). The average Bonchev–Trinajstić information content (AvgIpc) is 2.60. The van der Waals surface area contributed by atoms with Crippen LogP contribution in [0, 0.1) is 36.5 Å². The first kappa shape index (κ1) is 11.3. The molecule has 3 heteroatoms. The van der Waals surface area contributed by atoms with E-state index in [1.54, 1.807) is 0 Å². The molecule has 3 aliphatic carbocycles. The molecule has 0 aliphatic heterocycles. The molecular formula is C14H16BrClS. The molecule has 0 saturated heterocycles. The lowest BCUT2D eigenvalue weighted by molar-refractivity contribution is 0.456. The Hall–Kier alpha value is 0.470.